The number of hydrogen-bond acceptors (Lipinski definition) is 5. The molecule has 4 rings (SSSR count). The molecule has 1 fully saturated rings. The van der Waals surface area contributed by atoms with Crippen molar-refractivity contribution < 1.29 is 23.9 Å². The van der Waals surface area contributed by atoms with Gasteiger partial charge in [-0.25, -0.2) is 4.79 Å². The fraction of sp³-hybridized carbons (Fsp3) is 0.214. The average molecular weight is 471 g/mol. The Balaban J connectivity index is 1.29. The first-order chi connectivity index (χ1) is 16.9. The van der Waals surface area contributed by atoms with Crippen LogP contribution >= 0.6 is 0 Å². The molecule has 2 amide bonds. The van der Waals surface area contributed by atoms with Gasteiger partial charge in [-0.05, 0) is 36.8 Å². The Morgan fingerprint density at radius 3 is 2.20 bits per heavy atom. The smallest absolute Gasteiger partial charge is 0.338 e. The predicted octanol–water partition coefficient (Wildman–Crippen LogP) is 4.27. The van der Waals surface area contributed by atoms with Gasteiger partial charge in [0.25, 0.3) is 0 Å². The Bertz CT molecular complexity index is 1210. The molecule has 1 saturated heterocycles. The Labute approximate surface area is 203 Å². The van der Waals surface area contributed by atoms with Gasteiger partial charge in [-0.1, -0.05) is 60.7 Å². The van der Waals surface area contributed by atoms with Gasteiger partial charge in [0.1, 0.15) is 0 Å². The van der Waals surface area contributed by atoms with E-state index in [1.807, 2.05) is 37.3 Å². The number of Topliss-reactive ketones (excluding diaryl/α,β-unsaturated/α-hetero) is 1. The van der Waals surface area contributed by atoms with Crippen molar-refractivity contribution in [2.75, 3.05) is 18.5 Å². The molecule has 7 nitrogen and oxygen atoms in total. The molecule has 0 aromatic heterocycles. The number of carbonyl (C=O) groups excluding carboxylic acids is 4. The number of benzene rings is 3. The highest BCUT2D eigenvalue weighted by molar-refractivity contribution is 6.00. The molecule has 0 aliphatic carbocycles. The molecule has 1 aliphatic heterocycles. The van der Waals surface area contributed by atoms with E-state index in [1.165, 1.54) is 12.1 Å². The number of amides is 2. The minimum atomic E-state index is -0.626. The van der Waals surface area contributed by atoms with Gasteiger partial charge in [-0.2, -0.15) is 0 Å². The van der Waals surface area contributed by atoms with E-state index in [-0.39, 0.29) is 42.2 Å². The molecule has 1 N–H and O–H groups in total. The highest BCUT2D eigenvalue weighted by Crippen LogP contribution is 2.29. The molecule has 1 aliphatic rings. The van der Waals surface area contributed by atoms with Crippen molar-refractivity contribution in [1.82, 2.24) is 4.90 Å². The number of nitrogens with one attached hydrogen (secondary N) is 1. The maximum Gasteiger partial charge on any atom is 0.338 e. The number of carbonyl (C=O) groups is 4. The summed E-state index contributed by atoms with van der Waals surface area (Å²) in [6.45, 7) is 1.95. The van der Waals surface area contributed by atoms with Crippen LogP contribution in [0.3, 0.4) is 0 Å². The maximum absolute atomic E-state index is 12.8. The van der Waals surface area contributed by atoms with Crippen LogP contribution in [0.15, 0.2) is 84.9 Å². The van der Waals surface area contributed by atoms with E-state index >= 15 is 0 Å². The largest absolute Gasteiger partial charge is 0.454 e. The molecule has 0 unspecified atom stereocenters. The zero-order valence-corrected chi connectivity index (χ0v) is 19.3. The average Bonchev–Trinajstić information content (AvgIpc) is 3.29. The SMILES string of the molecule is C[C@@H](c1ccccc1)N1C[C@H](C(=O)Nc2ccc(C(=O)OCC(=O)c3ccccc3)cc2)CC1=O. The molecule has 3 aromatic carbocycles. The molecule has 35 heavy (non-hydrogen) atoms. The lowest BCUT2D eigenvalue weighted by atomic mass is 10.1. The molecular formula is C28H26N2O5. The van der Waals surface area contributed by atoms with E-state index in [4.69, 9.17) is 4.74 Å². The van der Waals surface area contributed by atoms with Crippen molar-refractivity contribution in [3.8, 4) is 0 Å². The standard InChI is InChI=1S/C28H26N2O5/c1-19(20-8-4-2-5-9-20)30-17-23(16-26(30)32)27(33)29-24-14-12-22(13-15-24)28(34)35-18-25(31)21-10-6-3-7-11-21/h2-15,19,23H,16-18H2,1H3,(H,29,33)/t19-,23+/m0/s1. The van der Waals surface area contributed by atoms with E-state index in [1.54, 1.807) is 47.4 Å². The number of rotatable bonds is 8. The van der Waals surface area contributed by atoms with Crippen LogP contribution in [0.1, 0.15) is 45.7 Å². The minimum Gasteiger partial charge on any atom is -0.454 e. The van der Waals surface area contributed by atoms with Gasteiger partial charge in [0.15, 0.2) is 12.4 Å². The van der Waals surface area contributed by atoms with Crippen molar-refractivity contribution >= 4 is 29.3 Å². The normalized spacial score (nSPS) is 16.0. The fourth-order valence-corrected chi connectivity index (χ4v) is 4.05. The number of esters is 1. The van der Waals surface area contributed by atoms with E-state index < -0.39 is 11.9 Å². The van der Waals surface area contributed by atoms with Crippen LogP contribution in [-0.4, -0.2) is 41.6 Å². The molecular weight excluding hydrogens is 444 g/mol. The van der Waals surface area contributed by atoms with E-state index in [9.17, 15) is 19.2 Å². The summed E-state index contributed by atoms with van der Waals surface area (Å²) < 4.78 is 5.11. The molecule has 0 radical (unpaired) electrons. The first-order valence-electron chi connectivity index (χ1n) is 11.4. The van der Waals surface area contributed by atoms with Crippen LogP contribution in [0.4, 0.5) is 5.69 Å². The van der Waals surface area contributed by atoms with Gasteiger partial charge in [0.05, 0.1) is 17.5 Å². The molecule has 7 heteroatoms. The van der Waals surface area contributed by atoms with Crippen molar-refractivity contribution in [3.63, 3.8) is 0 Å². The summed E-state index contributed by atoms with van der Waals surface area (Å²) in [5.74, 6) is -1.67. The summed E-state index contributed by atoms with van der Waals surface area (Å²) in [7, 11) is 0. The van der Waals surface area contributed by atoms with Crippen LogP contribution < -0.4 is 5.32 Å². The van der Waals surface area contributed by atoms with E-state index in [0.717, 1.165) is 5.56 Å². The highest BCUT2D eigenvalue weighted by Gasteiger charge is 2.37. The second-order valence-corrected chi connectivity index (χ2v) is 8.47. The molecule has 0 bridgehead atoms. The van der Waals surface area contributed by atoms with Crippen LogP contribution in [0, 0.1) is 5.92 Å². The van der Waals surface area contributed by atoms with Crippen molar-refractivity contribution in [2.24, 2.45) is 5.92 Å². The van der Waals surface area contributed by atoms with Gasteiger partial charge >= 0.3 is 5.97 Å². The number of anilines is 1. The predicted molar refractivity (Wildman–Crippen MR) is 131 cm³/mol. The monoisotopic (exact) mass is 470 g/mol. The van der Waals surface area contributed by atoms with Crippen LogP contribution in [0.5, 0.6) is 0 Å². The van der Waals surface area contributed by atoms with Crippen molar-refractivity contribution in [1.29, 1.82) is 0 Å². The second kappa shape index (κ2) is 10.8. The summed E-state index contributed by atoms with van der Waals surface area (Å²) in [6.07, 6.45) is 0.156. The molecule has 2 atom stereocenters. The van der Waals surface area contributed by atoms with Crippen molar-refractivity contribution in [2.45, 2.75) is 19.4 Å². The Hall–Kier alpha value is -4.26. The second-order valence-electron chi connectivity index (χ2n) is 8.47. The van der Waals surface area contributed by atoms with E-state index in [2.05, 4.69) is 5.32 Å². The minimum absolute atomic E-state index is 0.0513. The third-order valence-corrected chi connectivity index (χ3v) is 6.10. The Morgan fingerprint density at radius 2 is 1.54 bits per heavy atom. The maximum atomic E-state index is 12.8. The summed E-state index contributed by atoms with van der Waals surface area (Å²) in [5, 5.41) is 2.82. The van der Waals surface area contributed by atoms with Gasteiger partial charge in [-0.15, -0.1) is 0 Å². The zero-order valence-electron chi connectivity index (χ0n) is 19.3. The molecule has 0 spiro atoms. The third-order valence-electron chi connectivity index (χ3n) is 6.10. The van der Waals surface area contributed by atoms with Crippen LogP contribution in [-0.2, 0) is 14.3 Å². The lowest BCUT2D eigenvalue weighted by molar-refractivity contribution is -0.129. The van der Waals surface area contributed by atoms with Gasteiger partial charge < -0.3 is 15.0 Å². The molecule has 0 saturated carbocycles. The Morgan fingerprint density at radius 1 is 0.914 bits per heavy atom. The fourth-order valence-electron chi connectivity index (χ4n) is 4.05. The lowest BCUT2D eigenvalue weighted by Gasteiger charge is -2.25. The summed E-state index contributed by atoms with van der Waals surface area (Å²) in [5.41, 5.74) is 2.27. The van der Waals surface area contributed by atoms with E-state index in [0.29, 0.717) is 17.8 Å². The third kappa shape index (κ3) is 5.81. The molecule has 1 heterocycles. The molecule has 178 valence electrons. The quantitative estimate of drug-likeness (QED) is 0.392. The number of likely N-dealkylation sites (tertiary alicyclic amines) is 1. The number of hydrogen-bond donors (Lipinski definition) is 1. The summed E-state index contributed by atoms with van der Waals surface area (Å²) >= 11 is 0. The number of ketones is 1. The van der Waals surface area contributed by atoms with Crippen molar-refractivity contribution in [3.05, 3.63) is 102 Å². The summed E-state index contributed by atoms with van der Waals surface area (Å²) in [4.78, 5) is 51.4. The molecule has 3 aromatic rings. The van der Waals surface area contributed by atoms with Gasteiger partial charge in [0.2, 0.25) is 11.8 Å². The number of nitrogens with zero attached hydrogens (tertiary/aromatic N) is 1. The zero-order chi connectivity index (χ0) is 24.8. The highest BCUT2D eigenvalue weighted by atomic mass is 16.5. The van der Waals surface area contributed by atoms with Gasteiger partial charge in [0, 0.05) is 24.2 Å². The summed E-state index contributed by atoms with van der Waals surface area (Å²) in [6, 6.07) is 24.4. The van der Waals surface area contributed by atoms with Crippen LogP contribution in [0.2, 0.25) is 0 Å². The first kappa shape index (κ1) is 23.9. The first-order valence-corrected chi connectivity index (χ1v) is 11.4. The lowest BCUT2D eigenvalue weighted by Crippen LogP contribution is -2.30. The Kier molecular flexibility index (Phi) is 7.35. The number of ether oxygens (including phenoxy) is 1. The van der Waals surface area contributed by atoms with Crippen LogP contribution in [0.25, 0.3) is 0 Å². The van der Waals surface area contributed by atoms with Gasteiger partial charge in [-0.3, -0.25) is 14.4 Å². The topological polar surface area (TPSA) is 92.8 Å².